The molecule has 10 heteroatoms. The first-order valence-electron chi connectivity index (χ1n) is 10.9. The van der Waals surface area contributed by atoms with E-state index in [0.29, 0.717) is 5.76 Å². The summed E-state index contributed by atoms with van der Waals surface area (Å²) < 4.78 is 38.9. The van der Waals surface area contributed by atoms with E-state index in [1.807, 2.05) is 0 Å². The number of hydrogen-bond acceptors (Lipinski definition) is 5. The van der Waals surface area contributed by atoms with E-state index in [-0.39, 0.29) is 23.6 Å². The van der Waals surface area contributed by atoms with Crippen LogP contribution in [0.5, 0.6) is 0 Å². The number of carbonyl (C=O) groups excluding carboxylic acids is 3. The quantitative estimate of drug-likeness (QED) is 0.367. The Morgan fingerprint density at radius 2 is 1.56 bits per heavy atom. The Hall–Kier alpha value is -4.73. The minimum absolute atomic E-state index is 0.0158. The minimum Gasteiger partial charge on any atom is -0.467 e. The van der Waals surface area contributed by atoms with E-state index in [9.17, 15) is 23.2 Å². The van der Waals surface area contributed by atoms with Gasteiger partial charge in [0, 0.05) is 11.3 Å². The highest BCUT2D eigenvalue weighted by Crippen LogP contribution is 2.30. The van der Waals surface area contributed by atoms with Crippen LogP contribution in [0.15, 0.2) is 94.2 Å². The molecule has 0 saturated heterocycles. The summed E-state index contributed by atoms with van der Waals surface area (Å²) in [5, 5.41) is 5.07. The number of rotatable bonds is 9. The van der Waals surface area contributed by atoms with Crippen LogP contribution >= 0.6 is 0 Å². The highest BCUT2D eigenvalue weighted by Gasteiger charge is 2.34. The van der Waals surface area contributed by atoms with E-state index in [1.165, 1.54) is 55.0 Å². The van der Waals surface area contributed by atoms with Gasteiger partial charge < -0.3 is 19.5 Å². The summed E-state index contributed by atoms with van der Waals surface area (Å²) in [4.78, 5) is 40.2. The molecule has 4 rings (SSSR count). The fourth-order valence-electron chi connectivity index (χ4n) is 3.55. The number of carbonyl (C=O) groups is 3. The van der Waals surface area contributed by atoms with Crippen molar-refractivity contribution in [2.24, 2.45) is 0 Å². The highest BCUT2D eigenvalue weighted by atomic mass is 19.1. The predicted molar refractivity (Wildman–Crippen MR) is 125 cm³/mol. The van der Waals surface area contributed by atoms with Crippen LogP contribution in [0.4, 0.5) is 14.5 Å². The Kier molecular flexibility index (Phi) is 7.54. The van der Waals surface area contributed by atoms with Crippen LogP contribution in [0.2, 0.25) is 0 Å². The molecule has 0 saturated carbocycles. The molecule has 2 N–H and O–H groups in total. The van der Waals surface area contributed by atoms with Crippen LogP contribution in [-0.2, 0) is 16.1 Å². The molecular weight excluding hydrogens is 472 g/mol. The average molecular weight is 493 g/mol. The van der Waals surface area contributed by atoms with Gasteiger partial charge in [0.1, 0.15) is 23.4 Å². The van der Waals surface area contributed by atoms with Crippen LogP contribution < -0.4 is 15.5 Å². The lowest BCUT2D eigenvalue weighted by Crippen LogP contribution is -2.47. The topological polar surface area (TPSA) is 105 Å². The van der Waals surface area contributed by atoms with Gasteiger partial charge in [-0.1, -0.05) is 18.2 Å². The molecule has 2 aromatic carbocycles. The molecule has 184 valence electrons. The van der Waals surface area contributed by atoms with Crippen molar-refractivity contribution in [1.82, 2.24) is 10.6 Å². The molecule has 0 fully saturated rings. The van der Waals surface area contributed by atoms with Gasteiger partial charge in [-0.15, -0.1) is 0 Å². The van der Waals surface area contributed by atoms with Gasteiger partial charge in [0.2, 0.25) is 11.8 Å². The van der Waals surface area contributed by atoms with Gasteiger partial charge in [0.05, 0.1) is 25.6 Å². The standard InChI is InChI=1S/C26H21F2N3O5/c27-17-9-11-18(12-10-17)31(23(32)16-30-25(33)22-8-4-14-36-22)24(20-6-1-2-7-21(20)28)26(34)29-15-19-5-3-13-35-19/h1-14,24H,15-16H2,(H,29,34)(H,30,33)/t24-/m0/s1. The van der Waals surface area contributed by atoms with E-state index < -0.39 is 41.9 Å². The van der Waals surface area contributed by atoms with Crippen molar-refractivity contribution in [3.8, 4) is 0 Å². The van der Waals surface area contributed by atoms with Crippen molar-refractivity contribution >= 4 is 23.4 Å². The summed E-state index contributed by atoms with van der Waals surface area (Å²) >= 11 is 0. The summed E-state index contributed by atoms with van der Waals surface area (Å²) in [5.41, 5.74) is 0.0273. The SMILES string of the molecule is O=C(NCC(=O)N(c1ccc(F)cc1)[C@H](C(=O)NCc1ccco1)c1ccccc1F)c1ccco1. The maximum absolute atomic E-state index is 14.9. The van der Waals surface area contributed by atoms with Crippen LogP contribution in [-0.4, -0.2) is 24.3 Å². The lowest BCUT2D eigenvalue weighted by atomic mass is 10.0. The normalized spacial score (nSPS) is 11.5. The molecule has 8 nitrogen and oxygen atoms in total. The molecule has 0 radical (unpaired) electrons. The molecule has 1 atom stereocenters. The van der Waals surface area contributed by atoms with Gasteiger partial charge in [-0.05, 0) is 54.6 Å². The molecule has 0 aliphatic rings. The van der Waals surface area contributed by atoms with E-state index in [4.69, 9.17) is 8.83 Å². The monoisotopic (exact) mass is 493 g/mol. The second-order valence-corrected chi connectivity index (χ2v) is 7.62. The number of furan rings is 2. The Bertz CT molecular complexity index is 1320. The lowest BCUT2D eigenvalue weighted by Gasteiger charge is -2.31. The van der Waals surface area contributed by atoms with E-state index in [2.05, 4.69) is 10.6 Å². The minimum atomic E-state index is -1.49. The average Bonchev–Trinajstić information content (AvgIpc) is 3.60. The summed E-state index contributed by atoms with van der Waals surface area (Å²) in [6, 6.07) is 15.0. The largest absolute Gasteiger partial charge is 0.467 e. The van der Waals surface area contributed by atoms with Crippen molar-refractivity contribution < 1.29 is 32.0 Å². The fourth-order valence-corrected chi connectivity index (χ4v) is 3.55. The summed E-state index contributed by atoms with van der Waals surface area (Å²) in [7, 11) is 0. The van der Waals surface area contributed by atoms with Crippen molar-refractivity contribution in [3.63, 3.8) is 0 Å². The van der Waals surface area contributed by atoms with Crippen molar-refractivity contribution in [3.05, 3.63) is 114 Å². The second-order valence-electron chi connectivity index (χ2n) is 7.62. The fraction of sp³-hybridized carbons (Fsp3) is 0.115. The maximum Gasteiger partial charge on any atom is 0.287 e. The van der Waals surface area contributed by atoms with Crippen molar-refractivity contribution in [2.75, 3.05) is 11.4 Å². The van der Waals surface area contributed by atoms with Gasteiger partial charge in [-0.25, -0.2) is 8.78 Å². The van der Waals surface area contributed by atoms with E-state index >= 15 is 0 Å². The molecule has 36 heavy (non-hydrogen) atoms. The first-order valence-corrected chi connectivity index (χ1v) is 10.9. The van der Waals surface area contributed by atoms with E-state index in [0.717, 1.165) is 23.1 Å². The number of anilines is 1. The zero-order valence-corrected chi connectivity index (χ0v) is 18.8. The van der Waals surface area contributed by atoms with Gasteiger partial charge in [0.15, 0.2) is 5.76 Å². The molecule has 0 unspecified atom stereocenters. The van der Waals surface area contributed by atoms with Gasteiger partial charge in [0.25, 0.3) is 5.91 Å². The number of benzene rings is 2. The van der Waals surface area contributed by atoms with Gasteiger partial charge in [-0.2, -0.15) is 0 Å². The number of nitrogens with one attached hydrogen (secondary N) is 2. The van der Waals surface area contributed by atoms with Gasteiger partial charge in [-0.3, -0.25) is 19.3 Å². The second kappa shape index (κ2) is 11.1. The zero-order chi connectivity index (χ0) is 25.5. The summed E-state index contributed by atoms with van der Waals surface area (Å²) in [6.45, 7) is -0.565. The van der Waals surface area contributed by atoms with Crippen LogP contribution in [0.25, 0.3) is 0 Å². The van der Waals surface area contributed by atoms with Crippen molar-refractivity contribution in [2.45, 2.75) is 12.6 Å². The molecule has 0 bridgehead atoms. The first kappa shape index (κ1) is 24.4. The third kappa shape index (κ3) is 5.66. The zero-order valence-electron chi connectivity index (χ0n) is 18.8. The molecular formula is C26H21F2N3O5. The molecule has 0 aliphatic carbocycles. The highest BCUT2D eigenvalue weighted by molar-refractivity contribution is 6.04. The van der Waals surface area contributed by atoms with Crippen LogP contribution in [0.1, 0.15) is 27.9 Å². The summed E-state index contributed by atoms with van der Waals surface area (Å²) in [6.07, 6.45) is 2.74. The molecule has 4 aromatic rings. The van der Waals surface area contributed by atoms with Gasteiger partial charge >= 0.3 is 0 Å². The van der Waals surface area contributed by atoms with E-state index in [1.54, 1.807) is 12.1 Å². The predicted octanol–water partition coefficient (Wildman–Crippen LogP) is 3.97. The lowest BCUT2D eigenvalue weighted by molar-refractivity contribution is -0.126. The first-order chi connectivity index (χ1) is 17.4. The molecule has 0 spiro atoms. The molecule has 2 aromatic heterocycles. The number of nitrogens with zero attached hydrogens (tertiary/aromatic N) is 1. The summed E-state index contributed by atoms with van der Waals surface area (Å²) in [5.74, 6) is -2.98. The van der Waals surface area contributed by atoms with Crippen LogP contribution in [0, 0.1) is 11.6 Å². The Balaban J connectivity index is 1.68. The number of halogens is 2. The van der Waals surface area contributed by atoms with Crippen molar-refractivity contribution in [1.29, 1.82) is 0 Å². The number of hydrogen-bond donors (Lipinski definition) is 2. The third-order valence-corrected chi connectivity index (χ3v) is 5.24. The smallest absolute Gasteiger partial charge is 0.287 e. The Morgan fingerprint density at radius 1 is 0.833 bits per heavy atom. The molecule has 2 heterocycles. The van der Waals surface area contributed by atoms with Crippen LogP contribution in [0.3, 0.4) is 0 Å². The molecule has 3 amide bonds. The number of amides is 3. The third-order valence-electron chi connectivity index (χ3n) is 5.24. The Labute approximate surface area is 204 Å². The maximum atomic E-state index is 14.9. The Morgan fingerprint density at radius 3 is 2.22 bits per heavy atom. The molecule has 0 aliphatic heterocycles.